The van der Waals surface area contributed by atoms with E-state index in [4.69, 9.17) is 11.6 Å². The first kappa shape index (κ1) is 22.0. The SMILES string of the molecule is Cc1ccc(NC(=O)CSc2nc3ccccc3c(=O)n2Cc2ccc(F)cc2)c(Cl)c1. The number of nitrogens with one attached hydrogen (secondary N) is 1. The normalized spacial score (nSPS) is 11.0. The van der Waals surface area contributed by atoms with E-state index in [1.54, 1.807) is 48.5 Å². The van der Waals surface area contributed by atoms with Crippen LogP contribution in [0.2, 0.25) is 5.02 Å². The minimum absolute atomic E-state index is 0.0401. The molecule has 0 aliphatic heterocycles. The lowest BCUT2D eigenvalue weighted by molar-refractivity contribution is -0.113. The number of thioether (sulfide) groups is 1. The maximum atomic E-state index is 13.3. The number of fused-ring (bicyclic) bond motifs is 1. The van der Waals surface area contributed by atoms with E-state index in [-0.39, 0.29) is 29.6 Å². The summed E-state index contributed by atoms with van der Waals surface area (Å²) in [6.45, 7) is 2.13. The van der Waals surface area contributed by atoms with Crippen LogP contribution >= 0.6 is 23.4 Å². The molecule has 0 unspecified atom stereocenters. The van der Waals surface area contributed by atoms with Crippen molar-refractivity contribution in [1.82, 2.24) is 9.55 Å². The first-order chi connectivity index (χ1) is 15.4. The fourth-order valence-corrected chi connectivity index (χ4v) is 4.29. The number of amides is 1. The van der Waals surface area contributed by atoms with Crippen LogP contribution in [0.25, 0.3) is 10.9 Å². The Kier molecular flexibility index (Phi) is 6.58. The van der Waals surface area contributed by atoms with E-state index in [1.807, 2.05) is 13.0 Å². The molecule has 0 aliphatic rings. The number of nitrogens with zero attached hydrogens (tertiary/aromatic N) is 2. The first-order valence-corrected chi connectivity index (χ1v) is 11.2. The van der Waals surface area contributed by atoms with Crippen LogP contribution in [0.3, 0.4) is 0 Å². The second kappa shape index (κ2) is 9.54. The molecule has 4 aromatic rings. The fraction of sp³-hybridized carbons (Fsp3) is 0.125. The Morgan fingerprint density at radius 2 is 1.88 bits per heavy atom. The molecule has 0 fully saturated rings. The van der Waals surface area contributed by atoms with Crippen molar-refractivity contribution in [1.29, 1.82) is 0 Å². The minimum atomic E-state index is -0.348. The number of aryl methyl sites for hydroxylation is 1. The van der Waals surface area contributed by atoms with Gasteiger partial charge >= 0.3 is 0 Å². The molecular weight excluding hydrogens is 449 g/mol. The van der Waals surface area contributed by atoms with Gasteiger partial charge in [0.1, 0.15) is 5.82 Å². The van der Waals surface area contributed by atoms with Crippen molar-refractivity contribution in [3.8, 4) is 0 Å². The molecule has 0 atom stereocenters. The molecule has 1 heterocycles. The summed E-state index contributed by atoms with van der Waals surface area (Å²) < 4.78 is 14.8. The van der Waals surface area contributed by atoms with E-state index >= 15 is 0 Å². The first-order valence-electron chi connectivity index (χ1n) is 9.83. The molecular formula is C24H19ClFN3O2S. The van der Waals surface area contributed by atoms with E-state index in [2.05, 4.69) is 10.3 Å². The van der Waals surface area contributed by atoms with Crippen LogP contribution in [0.1, 0.15) is 11.1 Å². The topological polar surface area (TPSA) is 64.0 Å². The number of aromatic nitrogens is 2. The highest BCUT2D eigenvalue weighted by molar-refractivity contribution is 7.99. The van der Waals surface area contributed by atoms with Crippen molar-refractivity contribution in [3.05, 3.63) is 99.1 Å². The predicted octanol–water partition coefficient (Wildman–Crippen LogP) is 5.28. The monoisotopic (exact) mass is 467 g/mol. The number of hydrogen-bond acceptors (Lipinski definition) is 4. The van der Waals surface area contributed by atoms with Crippen LogP contribution in [0.4, 0.5) is 10.1 Å². The van der Waals surface area contributed by atoms with Crippen LogP contribution in [-0.4, -0.2) is 21.2 Å². The number of rotatable bonds is 6. The highest BCUT2D eigenvalue weighted by atomic mass is 35.5. The number of anilines is 1. The third-order valence-corrected chi connectivity index (χ3v) is 6.10. The molecule has 8 heteroatoms. The maximum absolute atomic E-state index is 13.3. The van der Waals surface area contributed by atoms with Gasteiger partial charge in [0, 0.05) is 0 Å². The maximum Gasteiger partial charge on any atom is 0.262 e. The van der Waals surface area contributed by atoms with Crippen molar-refractivity contribution in [2.75, 3.05) is 11.1 Å². The highest BCUT2D eigenvalue weighted by Gasteiger charge is 2.14. The summed E-state index contributed by atoms with van der Waals surface area (Å²) in [4.78, 5) is 30.3. The Hall–Kier alpha value is -3.16. The van der Waals surface area contributed by atoms with Gasteiger partial charge in [-0.15, -0.1) is 0 Å². The third kappa shape index (κ3) is 5.00. The Labute approximate surface area is 193 Å². The zero-order chi connectivity index (χ0) is 22.7. The largest absolute Gasteiger partial charge is 0.324 e. The molecule has 1 aromatic heterocycles. The van der Waals surface area contributed by atoms with E-state index in [1.165, 1.54) is 16.7 Å². The van der Waals surface area contributed by atoms with Crippen molar-refractivity contribution in [2.45, 2.75) is 18.6 Å². The summed E-state index contributed by atoms with van der Waals surface area (Å²) >= 11 is 7.35. The van der Waals surface area contributed by atoms with Crippen molar-refractivity contribution in [2.24, 2.45) is 0 Å². The molecule has 0 spiro atoms. The number of benzene rings is 3. The molecule has 4 rings (SSSR count). The Bertz CT molecular complexity index is 1360. The molecule has 3 aromatic carbocycles. The molecule has 1 N–H and O–H groups in total. The van der Waals surface area contributed by atoms with Crippen molar-refractivity contribution >= 4 is 45.9 Å². The lowest BCUT2D eigenvalue weighted by Gasteiger charge is -2.13. The second-order valence-electron chi connectivity index (χ2n) is 7.25. The number of carbonyl (C=O) groups is 1. The zero-order valence-corrected chi connectivity index (χ0v) is 18.7. The van der Waals surface area contributed by atoms with Gasteiger partial charge in [-0.25, -0.2) is 9.37 Å². The Morgan fingerprint density at radius 1 is 1.12 bits per heavy atom. The van der Waals surface area contributed by atoms with Gasteiger partial charge in [0.2, 0.25) is 5.91 Å². The molecule has 162 valence electrons. The average Bonchev–Trinajstić information content (AvgIpc) is 2.78. The van der Waals surface area contributed by atoms with Crippen molar-refractivity contribution < 1.29 is 9.18 Å². The van der Waals surface area contributed by atoms with E-state index in [0.717, 1.165) is 22.9 Å². The minimum Gasteiger partial charge on any atom is -0.324 e. The predicted molar refractivity (Wildman–Crippen MR) is 127 cm³/mol. The Morgan fingerprint density at radius 3 is 2.62 bits per heavy atom. The third-order valence-electron chi connectivity index (χ3n) is 4.81. The molecule has 0 radical (unpaired) electrons. The van der Waals surface area contributed by atoms with E-state index in [0.29, 0.717) is 26.8 Å². The summed E-state index contributed by atoms with van der Waals surface area (Å²) in [5, 5.41) is 4.13. The van der Waals surface area contributed by atoms with Gasteiger partial charge in [0.25, 0.3) is 5.56 Å². The van der Waals surface area contributed by atoms with E-state index in [9.17, 15) is 14.0 Å². The fourth-order valence-electron chi connectivity index (χ4n) is 3.21. The van der Waals surface area contributed by atoms with Gasteiger partial charge in [-0.2, -0.15) is 0 Å². The number of carbonyl (C=O) groups excluding carboxylic acids is 1. The Balaban J connectivity index is 1.61. The molecule has 0 bridgehead atoms. The number of hydrogen-bond donors (Lipinski definition) is 1. The molecule has 0 saturated heterocycles. The van der Waals surface area contributed by atoms with Crippen LogP contribution < -0.4 is 10.9 Å². The summed E-state index contributed by atoms with van der Waals surface area (Å²) in [5.74, 6) is -0.575. The average molecular weight is 468 g/mol. The second-order valence-corrected chi connectivity index (χ2v) is 8.60. The summed E-state index contributed by atoms with van der Waals surface area (Å²) in [6.07, 6.45) is 0. The standard InChI is InChI=1S/C24H19ClFN3O2S/c1-15-6-11-21(19(25)12-15)27-22(30)14-32-24-28-20-5-3-2-4-18(20)23(31)29(24)13-16-7-9-17(26)10-8-16/h2-12H,13-14H2,1H3,(H,27,30). The summed E-state index contributed by atoms with van der Waals surface area (Å²) in [6, 6.07) is 18.4. The summed E-state index contributed by atoms with van der Waals surface area (Å²) in [5.41, 5.74) is 2.61. The molecule has 32 heavy (non-hydrogen) atoms. The van der Waals surface area contributed by atoms with Gasteiger partial charge in [-0.05, 0) is 54.4 Å². The van der Waals surface area contributed by atoms with Crippen LogP contribution in [0.5, 0.6) is 0 Å². The van der Waals surface area contributed by atoms with Gasteiger partial charge in [0.05, 0.1) is 33.9 Å². The van der Waals surface area contributed by atoms with Crippen molar-refractivity contribution in [3.63, 3.8) is 0 Å². The number of para-hydroxylation sites is 1. The number of halogens is 2. The van der Waals surface area contributed by atoms with Gasteiger partial charge in [-0.1, -0.05) is 53.7 Å². The van der Waals surface area contributed by atoms with Gasteiger partial charge in [-0.3, -0.25) is 14.2 Å². The van der Waals surface area contributed by atoms with Crippen LogP contribution in [-0.2, 0) is 11.3 Å². The van der Waals surface area contributed by atoms with Gasteiger partial charge in [0.15, 0.2) is 5.16 Å². The van der Waals surface area contributed by atoms with Crippen LogP contribution in [0.15, 0.2) is 76.7 Å². The molecule has 5 nitrogen and oxygen atoms in total. The highest BCUT2D eigenvalue weighted by Crippen LogP contribution is 2.24. The lowest BCUT2D eigenvalue weighted by Crippen LogP contribution is -2.25. The van der Waals surface area contributed by atoms with E-state index < -0.39 is 0 Å². The molecule has 1 amide bonds. The molecule has 0 saturated carbocycles. The van der Waals surface area contributed by atoms with Crippen LogP contribution in [0, 0.1) is 12.7 Å². The zero-order valence-electron chi connectivity index (χ0n) is 17.1. The lowest BCUT2D eigenvalue weighted by atomic mass is 10.2. The molecule has 0 aliphatic carbocycles. The summed E-state index contributed by atoms with van der Waals surface area (Å²) in [7, 11) is 0. The smallest absolute Gasteiger partial charge is 0.262 e. The quantitative estimate of drug-likeness (QED) is 0.309. The van der Waals surface area contributed by atoms with Gasteiger partial charge < -0.3 is 5.32 Å².